The number of nitrogens with one attached hydrogen (secondary N) is 1. The highest BCUT2D eigenvalue weighted by Crippen LogP contribution is 2.18. The molecule has 0 bridgehead atoms. The van der Waals surface area contributed by atoms with Crippen LogP contribution in [0.25, 0.3) is 11.0 Å². The zero-order valence-corrected chi connectivity index (χ0v) is 11.7. The predicted molar refractivity (Wildman–Crippen MR) is 76.7 cm³/mol. The molecule has 98 valence electrons. The lowest BCUT2D eigenvalue weighted by atomic mass is 10.2. The normalized spacial score (nSPS) is 11.3. The van der Waals surface area contributed by atoms with Gasteiger partial charge in [0.2, 0.25) is 0 Å². The third-order valence-corrected chi connectivity index (χ3v) is 3.68. The summed E-state index contributed by atoms with van der Waals surface area (Å²) in [5.74, 6) is 0.918. The van der Waals surface area contributed by atoms with Crippen LogP contribution in [0.1, 0.15) is 18.3 Å². The summed E-state index contributed by atoms with van der Waals surface area (Å²) < 4.78 is 4.81. The van der Waals surface area contributed by atoms with Gasteiger partial charge in [0.1, 0.15) is 6.33 Å². The molecule has 5 nitrogen and oxygen atoms in total. The lowest BCUT2D eigenvalue weighted by Gasteiger charge is -2.05. The van der Waals surface area contributed by atoms with Gasteiger partial charge >= 0.3 is 0 Å². The number of hydrogen-bond acceptors (Lipinski definition) is 3. The molecule has 0 unspecified atom stereocenters. The predicted octanol–water partition coefficient (Wildman–Crippen LogP) is 2.67. The van der Waals surface area contributed by atoms with Crippen molar-refractivity contribution < 1.29 is 0 Å². The largest absolute Gasteiger partial charge is 0.330 e. The lowest BCUT2D eigenvalue weighted by molar-refractivity contribution is 0.655. The van der Waals surface area contributed by atoms with Gasteiger partial charge in [0.25, 0.3) is 0 Å². The quantitative estimate of drug-likeness (QED) is 0.746. The molecule has 6 heteroatoms. The van der Waals surface area contributed by atoms with Gasteiger partial charge in [-0.3, -0.25) is 0 Å². The third kappa shape index (κ3) is 1.98. The second kappa shape index (κ2) is 4.62. The SMILES string of the molecule is CCn1cnnc1Cn1c(=S)[nH]c2c(C)cccc21. The number of aromatic amines is 1. The molecule has 0 fully saturated rings. The van der Waals surface area contributed by atoms with Gasteiger partial charge in [0.15, 0.2) is 10.6 Å². The van der Waals surface area contributed by atoms with Gasteiger partial charge < -0.3 is 14.1 Å². The molecule has 19 heavy (non-hydrogen) atoms. The molecule has 0 saturated carbocycles. The Labute approximate surface area is 115 Å². The minimum Gasteiger partial charge on any atom is -0.330 e. The zero-order valence-electron chi connectivity index (χ0n) is 10.9. The first kappa shape index (κ1) is 12.1. The van der Waals surface area contributed by atoms with E-state index in [1.807, 2.05) is 10.6 Å². The van der Waals surface area contributed by atoms with E-state index in [2.05, 4.69) is 45.7 Å². The fraction of sp³-hybridized carbons (Fsp3) is 0.308. The van der Waals surface area contributed by atoms with Crippen molar-refractivity contribution in [3.05, 3.63) is 40.7 Å². The molecular weight excluding hydrogens is 258 g/mol. The molecule has 1 aromatic carbocycles. The molecule has 0 amide bonds. The number of hydrogen-bond donors (Lipinski definition) is 1. The number of fused-ring (bicyclic) bond motifs is 1. The molecule has 0 aliphatic heterocycles. The Bertz CT molecular complexity index is 780. The molecule has 3 rings (SSSR count). The van der Waals surface area contributed by atoms with E-state index in [0.29, 0.717) is 6.54 Å². The van der Waals surface area contributed by atoms with Crippen molar-refractivity contribution in [2.75, 3.05) is 0 Å². The van der Waals surface area contributed by atoms with Crippen LogP contribution in [0.2, 0.25) is 0 Å². The molecule has 0 aliphatic carbocycles. The Morgan fingerprint density at radius 2 is 2.21 bits per heavy atom. The summed E-state index contributed by atoms with van der Waals surface area (Å²) in [7, 11) is 0. The lowest BCUT2D eigenvalue weighted by Crippen LogP contribution is -2.07. The van der Waals surface area contributed by atoms with E-state index in [0.717, 1.165) is 28.2 Å². The van der Waals surface area contributed by atoms with Gasteiger partial charge in [0.05, 0.1) is 17.6 Å². The summed E-state index contributed by atoms with van der Waals surface area (Å²) in [6, 6.07) is 6.19. The molecule has 1 N–H and O–H groups in total. The highest BCUT2D eigenvalue weighted by Gasteiger charge is 2.09. The highest BCUT2D eigenvalue weighted by atomic mass is 32.1. The van der Waals surface area contributed by atoms with Gasteiger partial charge in [-0.1, -0.05) is 12.1 Å². The van der Waals surface area contributed by atoms with Crippen LogP contribution in [-0.2, 0) is 13.1 Å². The minimum absolute atomic E-state index is 0.635. The standard InChI is InChI=1S/C13H15N5S/c1-3-17-8-14-16-11(17)7-18-10-6-4-5-9(2)12(10)15-13(18)19/h4-6,8H,3,7H2,1-2H3,(H,15,19). The maximum atomic E-state index is 5.42. The summed E-state index contributed by atoms with van der Waals surface area (Å²) in [5.41, 5.74) is 3.39. The number of nitrogens with zero attached hydrogens (tertiary/aromatic N) is 4. The Hall–Kier alpha value is -1.95. The second-order valence-corrected chi connectivity index (χ2v) is 4.91. The summed E-state index contributed by atoms with van der Waals surface area (Å²) in [5, 5.41) is 8.12. The highest BCUT2D eigenvalue weighted by molar-refractivity contribution is 7.71. The molecule has 2 aromatic heterocycles. The van der Waals surface area contributed by atoms with Crippen LogP contribution in [0.15, 0.2) is 24.5 Å². The number of H-pyrrole nitrogens is 1. The number of imidazole rings is 1. The van der Waals surface area contributed by atoms with Crippen molar-refractivity contribution in [2.45, 2.75) is 26.9 Å². The van der Waals surface area contributed by atoms with E-state index in [9.17, 15) is 0 Å². The van der Waals surface area contributed by atoms with E-state index in [1.165, 1.54) is 5.56 Å². The Kier molecular flexibility index (Phi) is 2.94. The van der Waals surface area contributed by atoms with E-state index >= 15 is 0 Å². The third-order valence-electron chi connectivity index (χ3n) is 3.35. The van der Waals surface area contributed by atoms with Crippen LogP contribution >= 0.6 is 12.2 Å². The fourth-order valence-corrected chi connectivity index (χ4v) is 2.55. The molecule has 3 aromatic rings. The molecule has 2 heterocycles. The van der Waals surface area contributed by atoms with Crippen LogP contribution in [0.5, 0.6) is 0 Å². The van der Waals surface area contributed by atoms with Gasteiger partial charge in [0, 0.05) is 6.54 Å². The van der Waals surface area contributed by atoms with E-state index in [-0.39, 0.29) is 0 Å². The Morgan fingerprint density at radius 3 is 3.00 bits per heavy atom. The van der Waals surface area contributed by atoms with Gasteiger partial charge in [-0.25, -0.2) is 0 Å². The Morgan fingerprint density at radius 1 is 1.37 bits per heavy atom. The van der Waals surface area contributed by atoms with E-state index in [1.54, 1.807) is 6.33 Å². The zero-order chi connectivity index (χ0) is 13.4. The van der Waals surface area contributed by atoms with Crippen molar-refractivity contribution in [1.82, 2.24) is 24.3 Å². The number of aromatic nitrogens is 5. The topological polar surface area (TPSA) is 51.4 Å². The Balaban J connectivity index is 2.13. The monoisotopic (exact) mass is 273 g/mol. The van der Waals surface area contributed by atoms with Crippen molar-refractivity contribution in [1.29, 1.82) is 0 Å². The summed E-state index contributed by atoms with van der Waals surface area (Å²) in [4.78, 5) is 3.27. The smallest absolute Gasteiger partial charge is 0.178 e. The number of benzene rings is 1. The summed E-state index contributed by atoms with van der Waals surface area (Å²) in [6.07, 6.45) is 1.75. The van der Waals surface area contributed by atoms with Crippen LogP contribution in [0.3, 0.4) is 0 Å². The van der Waals surface area contributed by atoms with Crippen LogP contribution < -0.4 is 0 Å². The van der Waals surface area contributed by atoms with Crippen molar-refractivity contribution in [2.24, 2.45) is 0 Å². The van der Waals surface area contributed by atoms with Gasteiger partial charge in [-0.2, -0.15) is 0 Å². The molecule has 0 spiro atoms. The van der Waals surface area contributed by atoms with Crippen molar-refractivity contribution >= 4 is 23.3 Å². The van der Waals surface area contributed by atoms with Crippen LogP contribution in [0.4, 0.5) is 0 Å². The number of aryl methyl sites for hydroxylation is 2. The number of para-hydroxylation sites is 1. The summed E-state index contributed by atoms with van der Waals surface area (Å²) in [6.45, 7) is 5.64. The first-order valence-corrected chi connectivity index (χ1v) is 6.66. The van der Waals surface area contributed by atoms with E-state index in [4.69, 9.17) is 12.2 Å². The van der Waals surface area contributed by atoms with Crippen LogP contribution in [-0.4, -0.2) is 24.3 Å². The van der Waals surface area contributed by atoms with Crippen LogP contribution in [0, 0.1) is 11.7 Å². The second-order valence-electron chi connectivity index (χ2n) is 4.52. The van der Waals surface area contributed by atoms with Gasteiger partial charge in [-0.05, 0) is 37.7 Å². The van der Waals surface area contributed by atoms with Crippen molar-refractivity contribution in [3.8, 4) is 0 Å². The van der Waals surface area contributed by atoms with Gasteiger partial charge in [-0.15, -0.1) is 10.2 Å². The van der Waals surface area contributed by atoms with E-state index < -0.39 is 0 Å². The fourth-order valence-electron chi connectivity index (χ4n) is 2.29. The molecular formula is C13H15N5S. The average Bonchev–Trinajstić information content (AvgIpc) is 2.97. The molecule has 0 saturated heterocycles. The summed E-state index contributed by atoms with van der Waals surface area (Å²) >= 11 is 5.42. The number of rotatable bonds is 3. The minimum atomic E-state index is 0.635. The molecule has 0 atom stereocenters. The molecule has 0 aliphatic rings. The maximum absolute atomic E-state index is 5.42. The molecule has 0 radical (unpaired) electrons. The first-order chi connectivity index (χ1) is 9.20. The van der Waals surface area contributed by atoms with Crippen molar-refractivity contribution in [3.63, 3.8) is 0 Å². The average molecular weight is 273 g/mol. The maximum Gasteiger partial charge on any atom is 0.178 e. The first-order valence-electron chi connectivity index (χ1n) is 6.25.